The summed E-state index contributed by atoms with van der Waals surface area (Å²) in [5.74, 6) is -0.914. The largest absolute Gasteiger partial charge is 0.482 e. The number of aliphatic carboxylic acids is 1. The first-order valence-electron chi connectivity index (χ1n) is 7.93. The Morgan fingerprint density at radius 3 is 2.71 bits per heavy atom. The average Bonchev–Trinajstić information content (AvgIpc) is 2.52. The van der Waals surface area contributed by atoms with E-state index in [2.05, 4.69) is 5.32 Å². The fourth-order valence-electron chi connectivity index (χ4n) is 2.57. The number of anilines is 1. The molecule has 0 aromatic heterocycles. The maximum atomic E-state index is 12.1. The number of carbonyl (C=O) groups is 3. The molecule has 0 radical (unpaired) electrons. The zero-order chi connectivity index (χ0) is 17.7. The van der Waals surface area contributed by atoms with Gasteiger partial charge < -0.3 is 20.1 Å². The fourth-order valence-corrected chi connectivity index (χ4v) is 2.57. The molecule has 1 aromatic carbocycles. The van der Waals surface area contributed by atoms with Gasteiger partial charge in [0.25, 0.3) is 5.91 Å². The molecule has 2 rings (SSSR count). The molecule has 0 bridgehead atoms. The zero-order valence-corrected chi connectivity index (χ0v) is 13.8. The van der Waals surface area contributed by atoms with Crippen molar-refractivity contribution < 1.29 is 24.2 Å². The minimum Gasteiger partial charge on any atom is -0.482 e. The minimum absolute atomic E-state index is 0.0297. The first-order valence-corrected chi connectivity index (χ1v) is 7.93. The fraction of sp³-hybridized carbons (Fsp3) is 0.471. The van der Waals surface area contributed by atoms with E-state index in [0.717, 1.165) is 0 Å². The van der Waals surface area contributed by atoms with Crippen molar-refractivity contribution in [1.82, 2.24) is 5.32 Å². The number of rotatable bonds is 7. The summed E-state index contributed by atoms with van der Waals surface area (Å²) in [6, 6.07) is 6.20. The zero-order valence-electron chi connectivity index (χ0n) is 13.8. The molecule has 2 amide bonds. The summed E-state index contributed by atoms with van der Waals surface area (Å²) in [6.45, 7) is 3.90. The Labute approximate surface area is 140 Å². The van der Waals surface area contributed by atoms with Gasteiger partial charge in [-0.3, -0.25) is 9.59 Å². The molecule has 0 aliphatic carbocycles. The quantitative estimate of drug-likeness (QED) is 0.786. The molecule has 1 aromatic rings. The van der Waals surface area contributed by atoms with Gasteiger partial charge in [-0.05, 0) is 24.5 Å². The lowest BCUT2D eigenvalue weighted by Crippen LogP contribution is -2.44. The van der Waals surface area contributed by atoms with Crippen molar-refractivity contribution in [2.75, 3.05) is 18.1 Å². The topological polar surface area (TPSA) is 95.9 Å². The van der Waals surface area contributed by atoms with Gasteiger partial charge in [0.05, 0.1) is 5.69 Å². The number of carbonyl (C=O) groups excluding carboxylic acids is 2. The van der Waals surface area contributed by atoms with Crippen molar-refractivity contribution in [3.8, 4) is 5.75 Å². The molecular formula is C17H22N2O5. The normalized spacial score (nSPS) is 14.8. The molecule has 2 N–H and O–H groups in total. The molecule has 0 fully saturated rings. The van der Waals surface area contributed by atoms with Gasteiger partial charge in [0.15, 0.2) is 6.61 Å². The lowest BCUT2D eigenvalue weighted by Gasteiger charge is -2.29. The van der Waals surface area contributed by atoms with Crippen LogP contribution >= 0.6 is 0 Å². The van der Waals surface area contributed by atoms with E-state index in [-0.39, 0.29) is 37.3 Å². The van der Waals surface area contributed by atoms with Crippen LogP contribution in [0.3, 0.4) is 0 Å². The summed E-state index contributed by atoms with van der Waals surface area (Å²) in [4.78, 5) is 36.8. The van der Waals surface area contributed by atoms with Gasteiger partial charge in [-0.1, -0.05) is 26.0 Å². The van der Waals surface area contributed by atoms with Crippen molar-refractivity contribution in [3.63, 3.8) is 0 Å². The monoisotopic (exact) mass is 334 g/mol. The number of fused-ring (bicyclic) bond motifs is 1. The third-order valence-electron chi connectivity index (χ3n) is 3.71. The molecule has 7 heteroatoms. The summed E-state index contributed by atoms with van der Waals surface area (Å²) in [5, 5.41) is 11.7. The minimum atomic E-state index is -1.05. The van der Waals surface area contributed by atoms with Crippen LogP contribution in [0.4, 0.5) is 5.69 Å². The van der Waals surface area contributed by atoms with Crippen LogP contribution < -0.4 is 15.0 Å². The Kier molecular flexibility index (Phi) is 5.78. The Hall–Kier alpha value is -2.57. The Morgan fingerprint density at radius 2 is 2.04 bits per heavy atom. The first-order chi connectivity index (χ1) is 11.4. The summed E-state index contributed by atoms with van der Waals surface area (Å²) in [7, 11) is 0. The van der Waals surface area contributed by atoms with Gasteiger partial charge in [0, 0.05) is 13.0 Å². The number of hydrogen-bond donors (Lipinski definition) is 2. The van der Waals surface area contributed by atoms with E-state index in [1.807, 2.05) is 19.9 Å². The van der Waals surface area contributed by atoms with E-state index in [1.165, 1.54) is 4.90 Å². The highest BCUT2D eigenvalue weighted by Gasteiger charge is 2.26. The SMILES string of the molecule is CC(C)C[C@@H](NC(=O)CCN1C(=O)COc2ccccc21)C(=O)O. The second-order valence-corrected chi connectivity index (χ2v) is 6.14. The maximum absolute atomic E-state index is 12.1. The number of carboxylic acid groups (broad SMARTS) is 1. The van der Waals surface area contributed by atoms with E-state index in [9.17, 15) is 14.4 Å². The molecular weight excluding hydrogens is 312 g/mol. The smallest absolute Gasteiger partial charge is 0.326 e. The third-order valence-corrected chi connectivity index (χ3v) is 3.71. The van der Waals surface area contributed by atoms with Crippen LogP contribution in [0.15, 0.2) is 24.3 Å². The maximum Gasteiger partial charge on any atom is 0.326 e. The van der Waals surface area contributed by atoms with Crippen LogP contribution in [0.2, 0.25) is 0 Å². The number of amides is 2. The lowest BCUT2D eigenvalue weighted by atomic mass is 10.0. The second-order valence-electron chi connectivity index (χ2n) is 6.14. The summed E-state index contributed by atoms with van der Waals surface area (Å²) in [5.41, 5.74) is 0.624. The second kappa shape index (κ2) is 7.81. The predicted molar refractivity (Wildman–Crippen MR) is 87.9 cm³/mol. The van der Waals surface area contributed by atoms with Gasteiger partial charge in [-0.2, -0.15) is 0 Å². The van der Waals surface area contributed by atoms with Crippen LogP contribution in [0, 0.1) is 5.92 Å². The highest BCUT2D eigenvalue weighted by molar-refractivity contribution is 5.98. The van der Waals surface area contributed by atoms with Crippen molar-refractivity contribution in [1.29, 1.82) is 0 Å². The number of para-hydroxylation sites is 2. The molecule has 1 aliphatic rings. The van der Waals surface area contributed by atoms with Crippen LogP contribution in [0.1, 0.15) is 26.7 Å². The Morgan fingerprint density at radius 1 is 1.33 bits per heavy atom. The number of carboxylic acids is 1. The molecule has 1 heterocycles. The molecule has 7 nitrogen and oxygen atoms in total. The third kappa shape index (κ3) is 4.47. The van der Waals surface area contributed by atoms with E-state index in [4.69, 9.17) is 9.84 Å². The number of benzene rings is 1. The van der Waals surface area contributed by atoms with E-state index < -0.39 is 12.0 Å². The van der Waals surface area contributed by atoms with E-state index >= 15 is 0 Å². The van der Waals surface area contributed by atoms with Crippen molar-refractivity contribution in [2.24, 2.45) is 5.92 Å². The molecule has 0 unspecified atom stereocenters. The number of ether oxygens (including phenoxy) is 1. The van der Waals surface area contributed by atoms with Gasteiger partial charge in [-0.25, -0.2) is 4.79 Å². The highest BCUT2D eigenvalue weighted by Crippen LogP contribution is 2.31. The predicted octanol–water partition coefficient (Wildman–Crippen LogP) is 1.42. The molecule has 0 saturated heterocycles. The number of nitrogens with zero attached hydrogens (tertiary/aromatic N) is 1. The molecule has 130 valence electrons. The summed E-state index contributed by atoms with van der Waals surface area (Å²) >= 11 is 0. The van der Waals surface area contributed by atoms with Crippen molar-refractivity contribution >= 4 is 23.5 Å². The van der Waals surface area contributed by atoms with Crippen molar-refractivity contribution in [3.05, 3.63) is 24.3 Å². The van der Waals surface area contributed by atoms with Crippen LogP contribution in [0.25, 0.3) is 0 Å². The highest BCUT2D eigenvalue weighted by atomic mass is 16.5. The Balaban J connectivity index is 1.96. The molecule has 1 aliphatic heterocycles. The molecule has 0 spiro atoms. The van der Waals surface area contributed by atoms with E-state index in [1.54, 1.807) is 18.2 Å². The number of nitrogens with one attached hydrogen (secondary N) is 1. The standard InChI is InChI=1S/C17H22N2O5/c1-11(2)9-12(17(22)23)18-15(20)7-8-19-13-5-3-4-6-14(13)24-10-16(19)21/h3-6,11-12H,7-10H2,1-2H3,(H,18,20)(H,22,23)/t12-/m1/s1. The van der Waals surface area contributed by atoms with Crippen LogP contribution in [-0.2, 0) is 14.4 Å². The van der Waals surface area contributed by atoms with E-state index in [0.29, 0.717) is 17.9 Å². The van der Waals surface area contributed by atoms with Crippen LogP contribution in [-0.4, -0.2) is 42.1 Å². The molecule has 1 atom stereocenters. The molecule has 0 saturated carbocycles. The van der Waals surface area contributed by atoms with Gasteiger partial charge >= 0.3 is 5.97 Å². The number of hydrogen-bond acceptors (Lipinski definition) is 4. The van der Waals surface area contributed by atoms with Gasteiger partial charge in [0.1, 0.15) is 11.8 Å². The van der Waals surface area contributed by atoms with Crippen LogP contribution in [0.5, 0.6) is 5.75 Å². The lowest BCUT2D eigenvalue weighted by molar-refractivity contribution is -0.142. The summed E-state index contributed by atoms with van der Waals surface area (Å²) in [6.07, 6.45) is 0.391. The summed E-state index contributed by atoms with van der Waals surface area (Å²) < 4.78 is 5.34. The average molecular weight is 334 g/mol. The van der Waals surface area contributed by atoms with Gasteiger partial charge in [-0.15, -0.1) is 0 Å². The molecule has 24 heavy (non-hydrogen) atoms. The van der Waals surface area contributed by atoms with Crippen molar-refractivity contribution in [2.45, 2.75) is 32.7 Å². The van der Waals surface area contributed by atoms with Gasteiger partial charge in [0.2, 0.25) is 5.91 Å². The Bertz CT molecular complexity index is 629. The first kappa shape index (κ1) is 17.8.